The summed E-state index contributed by atoms with van der Waals surface area (Å²) in [5.41, 5.74) is -1.81. The number of aromatic amines is 1. The highest BCUT2D eigenvalue weighted by Gasteiger charge is 2.43. The van der Waals surface area contributed by atoms with E-state index in [1.807, 2.05) is 4.98 Å². The van der Waals surface area contributed by atoms with Gasteiger partial charge in [-0.25, -0.2) is 9.59 Å². The summed E-state index contributed by atoms with van der Waals surface area (Å²) < 4.78 is 15.3. The number of hydrogen-bond donors (Lipinski definition) is 4. The van der Waals surface area contributed by atoms with Gasteiger partial charge in [0.25, 0.3) is 5.56 Å². The molecule has 1 aliphatic rings. The molecule has 1 aromatic heterocycles. The third-order valence-electron chi connectivity index (χ3n) is 3.30. The van der Waals surface area contributed by atoms with Crippen LogP contribution in [0.3, 0.4) is 0 Å². The first-order valence-corrected chi connectivity index (χ1v) is 6.56. The van der Waals surface area contributed by atoms with Crippen molar-refractivity contribution in [2.45, 2.75) is 24.5 Å². The van der Waals surface area contributed by atoms with E-state index in [1.165, 1.54) is 0 Å². The SMILES string of the molecule is COC(=O)COc1cn([C@@H]2O[C@H](CO)C(O)[C@@H]2O)c(=O)[nH]c1=O. The van der Waals surface area contributed by atoms with Crippen molar-refractivity contribution in [2.24, 2.45) is 0 Å². The molecule has 1 aromatic rings. The number of rotatable bonds is 5. The first kappa shape index (κ1) is 17.1. The highest BCUT2D eigenvalue weighted by Crippen LogP contribution is 2.28. The second-order valence-electron chi connectivity index (χ2n) is 4.75. The molecule has 4 atom stereocenters. The number of carbonyl (C=O) groups excluding carboxylic acids is 1. The van der Waals surface area contributed by atoms with Crippen molar-refractivity contribution in [2.75, 3.05) is 20.3 Å². The zero-order valence-electron chi connectivity index (χ0n) is 12.0. The Hall–Kier alpha value is -2.21. The average Bonchev–Trinajstić information content (AvgIpc) is 2.81. The molecule has 11 nitrogen and oxygen atoms in total. The minimum Gasteiger partial charge on any atom is -0.475 e. The van der Waals surface area contributed by atoms with Crippen molar-refractivity contribution < 1.29 is 34.3 Å². The zero-order valence-corrected chi connectivity index (χ0v) is 12.0. The molecule has 0 aromatic carbocycles. The molecule has 0 bridgehead atoms. The lowest BCUT2D eigenvalue weighted by atomic mass is 10.1. The summed E-state index contributed by atoms with van der Waals surface area (Å²) in [4.78, 5) is 36.4. The van der Waals surface area contributed by atoms with Gasteiger partial charge in [-0.15, -0.1) is 0 Å². The van der Waals surface area contributed by atoms with Crippen LogP contribution in [-0.2, 0) is 14.3 Å². The van der Waals surface area contributed by atoms with E-state index >= 15 is 0 Å². The number of nitrogens with one attached hydrogen (secondary N) is 1. The fourth-order valence-electron chi connectivity index (χ4n) is 2.06. The first-order valence-electron chi connectivity index (χ1n) is 6.56. The molecule has 0 spiro atoms. The van der Waals surface area contributed by atoms with Crippen LogP contribution in [0.25, 0.3) is 0 Å². The van der Waals surface area contributed by atoms with Crippen LogP contribution in [0.4, 0.5) is 0 Å². The lowest BCUT2D eigenvalue weighted by Crippen LogP contribution is -2.38. The molecular weight excluding hydrogens is 316 g/mol. The molecular formula is C12H16N2O9. The summed E-state index contributed by atoms with van der Waals surface area (Å²) >= 11 is 0. The van der Waals surface area contributed by atoms with Gasteiger partial charge in [-0.3, -0.25) is 14.3 Å². The monoisotopic (exact) mass is 332 g/mol. The van der Waals surface area contributed by atoms with Gasteiger partial charge in [-0.2, -0.15) is 0 Å². The number of esters is 1. The fraction of sp³-hybridized carbons (Fsp3) is 0.583. The van der Waals surface area contributed by atoms with Crippen molar-refractivity contribution in [1.29, 1.82) is 0 Å². The highest BCUT2D eigenvalue weighted by atomic mass is 16.6. The molecule has 2 rings (SSSR count). The molecule has 2 heterocycles. The summed E-state index contributed by atoms with van der Waals surface area (Å²) in [6.45, 7) is -1.13. The summed E-state index contributed by atoms with van der Waals surface area (Å²) in [5, 5.41) is 28.6. The maximum atomic E-state index is 11.8. The van der Waals surface area contributed by atoms with E-state index in [2.05, 4.69) is 4.74 Å². The third kappa shape index (κ3) is 3.42. The Kier molecular flexibility index (Phi) is 5.15. The number of aliphatic hydroxyl groups is 3. The molecule has 0 saturated carbocycles. The largest absolute Gasteiger partial charge is 0.475 e. The highest BCUT2D eigenvalue weighted by molar-refractivity contribution is 5.70. The van der Waals surface area contributed by atoms with E-state index in [1.54, 1.807) is 0 Å². The molecule has 1 fully saturated rings. The summed E-state index contributed by atoms with van der Waals surface area (Å²) in [5.74, 6) is -1.12. The molecule has 1 unspecified atom stereocenters. The van der Waals surface area contributed by atoms with Gasteiger partial charge in [0.1, 0.15) is 18.3 Å². The molecule has 23 heavy (non-hydrogen) atoms. The van der Waals surface area contributed by atoms with Crippen molar-refractivity contribution in [1.82, 2.24) is 9.55 Å². The normalized spacial score (nSPS) is 27.0. The van der Waals surface area contributed by atoms with Gasteiger partial charge in [0.15, 0.2) is 12.8 Å². The molecule has 0 radical (unpaired) electrons. The second kappa shape index (κ2) is 6.91. The van der Waals surface area contributed by atoms with Gasteiger partial charge >= 0.3 is 11.7 Å². The van der Waals surface area contributed by atoms with E-state index in [0.717, 1.165) is 17.9 Å². The molecule has 4 N–H and O–H groups in total. The van der Waals surface area contributed by atoms with E-state index in [-0.39, 0.29) is 5.75 Å². The lowest BCUT2D eigenvalue weighted by molar-refractivity contribution is -0.142. The minimum atomic E-state index is -1.51. The Balaban J connectivity index is 2.31. The van der Waals surface area contributed by atoms with Crippen LogP contribution in [-0.4, -0.2) is 69.5 Å². The Morgan fingerprint density at radius 1 is 1.39 bits per heavy atom. The molecule has 0 amide bonds. The van der Waals surface area contributed by atoms with Crippen LogP contribution in [0.1, 0.15) is 6.23 Å². The lowest BCUT2D eigenvalue weighted by Gasteiger charge is -2.17. The maximum Gasteiger partial charge on any atom is 0.343 e. The molecule has 1 aliphatic heterocycles. The van der Waals surface area contributed by atoms with E-state index < -0.39 is 55.0 Å². The van der Waals surface area contributed by atoms with Crippen LogP contribution < -0.4 is 16.0 Å². The Morgan fingerprint density at radius 2 is 2.09 bits per heavy atom. The van der Waals surface area contributed by atoms with Crippen LogP contribution in [0, 0.1) is 0 Å². The topological polar surface area (TPSA) is 160 Å². The predicted molar refractivity (Wildman–Crippen MR) is 71.8 cm³/mol. The Bertz CT molecular complexity index is 682. The number of H-pyrrole nitrogens is 1. The number of hydrogen-bond acceptors (Lipinski definition) is 9. The fourth-order valence-corrected chi connectivity index (χ4v) is 2.06. The number of ether oxygens (including phenoxy) is 3. The van der Waals surface area contributed by atoms with Crippen molar-refractivity contribution >= 4 is 5.97 Å². The Labute approximate surface area is 128 Å². The van der Waals surface area contributed by atoms with Gasteiger partial charge in [-0.1, -0.05) is 0 Å². The number of nitrogens with zero attached hydrogens (tertiary/aromatic N) is 1. The first-order chi connectivity index (χ1) is 10.9. The van der Waals surface area contributed by atoms with Crippen LogP contribution >= 0.6 is 0 Å². The number of methoxy groups -OCH3 is 1. The van der Waals surface area contributed by atoms with Crippen LogP contribution in [0.2, 0.25) is 0 Å². The van der Waals surface area contributed by atoms with Gasteiger partial charge in [-0.05, 0) is 0 Å². The standard InChI is InChI=1S/C12H16N2O9/c1-21-7(16)4-22-5-2-14(12(20)13-10(5)19)11-9(18)8(17)6(3-15)23-11/h2,6,8-9,11,15,17-18H,3-4H2,1H3,(H,13,19,20)/t6-,8?,9+,11-/m1/s1. The zero-order chi connectivity index (χ0) is 17.1. The Morgan fingerprint density at radius 3 is 2.65 bits per heavy atom. The third-order valence-corrected chi connectivity index (χ3v) is 3.30. The van der Waals surface area contributed by atoms with Crippen LogP contribution in [0.15, 0.2) is 15.8 Å². The predicted octanol–water partition coefficient (Wildman–Crippen LogP) is -3.30. The van der Waals surface area contributed by atoms with E-state index in [0.29, 0.717) is 0 Å². The minimum absolute atomic E-state index is 0.382. The number of aromatic nitrogens is 2. The number of carbonyl (C=O) groups is 1. The molecule has 1 saturated heterocycles. The number of aliphatic hydroxyl groups excluding tert-OH is 3. The average molecular weight is 332 g/mol. The van der Waals surface area contributed by atoms with Crippen LogP contribution in [0.5, 0.6) is 5.75 Å². The van der Waals surface area contributed by atoms with Gasteiger partial charge < -0.3 is 29.5 Å². The van der Waals surface area contributed by atoms with Gasteiger partial charge in [0, 0.05) is 0 Å². The molecule has 11 heteroatoms. The van der Waals surface area contributed by atoms with Gasteiger partial charge in [0.2, 0.25) is 5.75 Å². The quantitative estimate of drug-likeness (QED) is 0.405. The summed E-state index contributed by atoms with van der Waals surface area (Å²) in [6.07, 6.45) is -4.42. The smallest absolute Gasteiger partial charge is 0.343 e. The second-order valence-corrected chi connectivity index (χ2v) is 4.75. The van der Waals surface area contributed by atoms with Gasteiger partial charge in [0.05, 0.1) is 19.9 Å². The van der Waals surface area contributed by atoms with E-state index in [4.69, 9.17) is 14.6 Å². The van der Waals surface area contributed by atoms with Crippen molar-refractivity contribution in [3.63, 3.8) is 0 Å². The molecule has 128 valence electrons. The van der Waals surface area contributed by atoms with Crippen molar-refractivity contribution in [3.8, 4) is 5.75 Å². The molecule has 0 aliphatic carbocycles. The van der Waals surface area contributed by atoms with E-state index in [9.17, 15) is 24.6 Å². The maximum absolute atomic E-state index is 11.8. The summed E-state index contributed by atoms with van der Waals surface area (Å²) in [7, 11) is 1.13. The summed E-state index contributed by atoms with van der Waals surface area (Å²) in [6, 6.07) is 0. The van der Waals surface area contributed by atoms with Crippen molar-refractivity contribution in [3.05, 3.63) is 27.0 Å².